The largest absolute Gasteiger partial charge is 0.507 e. The molecule has 88 heavy (non-hydrogen) atoms. The number of phenols is 5. The molecule has 12 heteroatoms. The molecule has 11 N–H and O–H groups in total. The van der Waals surface area contributed by atoms with Crippen molar-refractivity contribution in [2.24, 2.45) is 45.8 Å². The van der Waals surface area contributed by atoms with Gasteiger partial charge in [-0.25, -0.2) is 4.98 Å². The molecule has 6 fully saturated rings. The van der Waals surface area contributed by atoms with Gasteiger partial charge in [0.05, 0.1) is 23.5 Å². The molecule has 2 saturated heterocycles. The van der Waals surface area contributed by atoms with E-state index < -0.39 is 11.5 Å². The third-order valence-corrected chi connectivity index (χ3v) is 25.2. The number of aliphatic hydroxyl groups is 1. The molecule has 12 nitrogen and oxygen atoms in total. The van der Waals surface area contributed by atoms with E-state index in [0.717, 1.165) is 57.2 Å². The standard InChI is InChI=1S/C76H86N6O6/c1-2-53-34-46(41-78-53)29-33-77-42-49-36-57(47-8-4-3-5-9-47)62-40-73(39-61(49)81-62)38-60(48-18-13-44(14-19-48)15-25-56-54(24-16-45-17-27-63(83)66(86)35-45)55-11-6-12-64(84)67(55)69(88)68(56)87)82-71-58(73)37-52-21-20-51-22-26-59-72(80-43-79-59)76(71)70-65(85)28-23-50-10-7-30-74(50,70)31-32-75(51,52)76/h3-6,8-9,11-14,16-19,23-24,27-28,34-36,41,43,50-52,57-58,60-62,65,70-71,77-78,81-88H,2,7,10,15,20-22,25-26,29-33,37-40,42H2,1H3,(H,79,80). The monoisotopic (exact) mass is 1180 g/mol. The number of nitrogens with zero attached hydrogens (tertiary/aromatic N) is 1. The zero-order chi connectivity index (χ0) is 59.7. The zero-order valence-electron chi connectivity index (χ0n) is 50.7. The molecule has 15 unspecified atom stereocenters. The number of rotatable bonds is 13. The third-order valence-electron chi connectivity index (χ3n) is 25.2. The van der Waals surface area contributed by atoms with Crippen LogP contribution in [0.4, 0.5) is 0 Å². The number of phenolic OH excluding ortho intramolecular Hbond substituents is 5. The van der Waals surface area contributed by atoms with Gasteiger partial charge in [-0.2, -0.15) is 0 Å². The lowest BCUT2D eigenvalue weighted by molar-refractivity contribution is -0.229. The predicted octanol–water partition coefficient (Wildman–Crippen LogP) is 13.0. The molecule has 7 aromatic rings. The third kappa shape index (κ3) is 8.53. The second-order valence-corrected chi connectivity index (χ2v) is 28.7. The molecule has 2 bridgehead atoms. The van der Waals surface area contributed by atoms with Crippen LogP contribution in [0.15, 0.2) is 133 Å². The van der Waals surface area contributed by atoms with Gasteiger partial charge in [0, 0.05) is 71.1 Å². The molecule has 0 radical (unpaired) electrons. The summed E-state index contributed by atoms with van der Waals surface area (Å²) in [6.07, 6.45) is 32.7. The number of aromatic amines is 2. The van der Waals surface area contributed by atoms with Gasteiger partial charge >= 0.3 is 0 Å². The van der Waals surface area contributed by atoms with Crippen molar-refractivity contribution in [1.29, 1.82) is 0 Å². The molecule has 9 aliphatic rings. The average Bonchev–Trinajstić information content (AvgIpc) is 1.28. The summed E-state index contributed by atoms with van der Waals surface area (Å²) < 4.78 is 0. The summed E-state index contributed by atoms with van der Waals surface area (Å²) in [6.45, 7) is 3.95. The van der Waals surface area contributed by atoms with Crippen molar-refractivity contribution >= 4 is 22.9 Å². The maximum absolute atomic E-state index is 13.4. The minimum Gasteiger partial charge on any atom is -0.507 e. The molecule has 3 aliphatic heterocycles. The first-order valence-corrected chi connectivity index (χ1v) is 33.4. The van der Waals surface area contributed by atoms with Crippen LogP contribution >= 0.6 is 0 Å². The number of piperidine rings is 2. The van der Waals surface area contributed by atoms with Crippen molar-refractivity contribution in [1.82, 2.24) is 30.9 Å². The quantitative estimate of drug-likeness (QED) is 0.0228. The second kappa shape index (κ2) is 21.6. The minimum absolute atomic E-state index is 0.00679. The zero-order valence-corrected chi connectivity index (χ0v) is 50.7. The summed E-state index contributed by atoms with van der Waals surface area (Å²) in [4.78, 5) is 13.0. The molecule has 15 atom stereocenters. The Kier molecular flexibility index (Phi) is 13.8. The fourth-order valence-electron chi connectivity index (χ4n) is 21.7. The minimum atomic E-state index is -0.561. The number of aromatic nitrogens is 3. The van der Waals surface area contributed by atoms with Gasteiger partial charge in [0.1, 0.15) is 5.75 Å². The fourth-order valence-corrected chi connectivity index (χ4v) is 21.7. The van der Waals surface area contributed by atoms with Gasteiger partial charge < -0.3 is 56.6 Å². The van der Waals surface area contributed by atoms with Crippen molar-refractivity contribution in [2.75, 3.05) is 13.1 Å². The SMILES string of the molecule is CCc1cc(CCNCC2=CC(c3ccccc3)C3CC4(CC2N3)CC(c2ccc(CCc3c(O)c(O)c5c(O)cccc5c3C=Cc3ccc(O)c(O)c3)cc2)NC2C4CC3CCC4CCc5[nH]cnc5C25C2C(O)C=CC6CCCC62CCC435)c[nH]1. The Bertz CT molecular complexity index is 3900. The summed E-state index contributed by atoms with van der Waals surface area (Å²) in [5.41, 5.74) is 11.9. The van der Waals surface area contributed by atoms with Crippen LogP contribution in [0.5, 0.6) is 28.7 Å². The Morgan fingerprint density at radius 3 is 2.41 bits per heavy atom. The topological polar surface area (TPSA) is 202 Å². The number of aryl methyl sites for hydroxylation is 3. The molecule has 5 heterocycles. The van der Waals surface area contributed by atoms with Gasteiger partial charge in [0.2, 0.25) is 0 Å². The lowest BCUT2D eigenvalue weighted by Crippen LogP contribution is -2.79. The highest BCUT2D eigenvalue weighted by molar-refractivity contribution is 6.03. The molecule has 5 aromatic carbocycles. The van der Waals surface area contributed by atoms with Crippen LogP contribution in [-0.2, 0) is 37.5 Å². The maximum atomic E-state index is 13.4. The normalized spacial score (nSPS) is 34.2. The van der Waals surface area contributed by atoms with Gasteiger partial charge in [0.25, 0.3) is 0 Å². The second-order valence-electron chi connectivity index (χ2n) is 28.7. The molecular weight excluding hydrogens is 1090 g/mol. The van der Waals surface area contributed by atoms with Crippen LogP contribution in [0, 0.1) is 45.8 Å². The summed E-state index contributed by atoms with van der Waals surface area (Å²) in [7, 11) is 0. The van der Waals surface area contributed by atoms with Gasteiger partial charge in [0.15, 0.2) is 23.0 Å². The fraction of sp³-hybridized carbons (Fsp3) is 0.461. The van der Waals surface area contributed by atoms with E-state index in [0.29, 0.717) is 58.6 Å². The highest BCUT2D eigenvalue weighted by Gasteiger charge is 2.81. The van der Waals surface area contributed by atoms with E-state index in [1.165, 1.54) is 115 Å². The highest BCUT2D eigenvalue weighted by atomic mass is 16.3. The smallest absolute Gasteiger partial charge is 0.169 e. The molecule has 6 aliphatic carbocycles. The number of aromatic hydroxyl groups is 5. The predicted molar refractivity (Wildman–Crippen MR) is 345 cm³/mol. The van der Waals surface area contributed by atoms with E-state index in [4.69, 9.17) is 10.3 Å². The number of nitrogens with one attached hydrogen (secondary N) is 5. The number of H-pyrrole nitrogens is 2. The van der Waals surface area contributed by atoms with Gasteiger partial charge in [-0.05, 0) is 218 Å². The van der Waals surface area contributed by atoms with Crippen molar-refractivity contribution in [3.63, 3.8) is 0 Å². The van der Waals surface area contributed by atoms with E-state index in [2.05, 4.69) is 113 Å². The summed E-state index contributed by atoms with van der Waals surface area (Å²) in [5, 5.41) is 82.1. The van der Waals surface area contributed by atoms with E-state index >= 15 is 0 Å². The maximum Gasteiger partial charge on any atom is 0.169 e. The highest BCUT2D eigenvalue weighted by Crippen LogP contribution is 2.81. The Hall–Kier alpha value is -7.09. The van der Waals surface area contributed by atoms with Crippen LogP contribution in [0.1, 0.15) is 152 Å². The number of hydrogen-bond donors (Lipinski definition) is 11. The molecule has 4 saturated carbocycles. The Morgan fingerprint density at radius 1 is 0.716 bits per heavy atom. The number of hydrogen-bond acceptors (Lipinski definition) is 10. The number of aliphatic hydroxyl groups excluding tert-OH is 1. The Balaban J connectivity index is 0.803. The van der Waals surface area contributed by atoms with Crippen molar-refractivity contribution in [3.8, 4) is 28.7 Å². The van der Waals surface area contributed by atoms with Crippen molar-refractivity contribution in [2.45, 2.75) is 158 Å². The van der Waals surface area contributed by atoms with Crippen LogP contribution in [-0.4, -0.2) is 82.9 Å². The van der Waals surface area contributed by atoms with Crippen molar-refractivity contribution < 1.29 is 30.6 Å². The summed E-state index contributed by atoms with van der Waals surface area (Å²) >= 11 is 0. The van der Waals surface area contributed by atoms with Crippen LogP contribution in [0.3, 0.4) is 0 Å². The number of fused-ring (bicyclic) bond motifs is 6. The Labute approximate surface area is 516 Å². The van der Waals surface area contributed by atoms with Gasteiger partial charge in [-0.3, -0.25) is 0 Å². The molecule has 456 valence electrons. The van der Waals surface area contributed by atoms with Crippen LogP contribution in [0.2, 0.25) is 0 Å². The summed E-state index contributed by atoms with van der Waals surface area (Å²) in [5.74, 6) is 0.964. The van der Waals surface area contributed by atoms with Crippen LogP contribution < -0.4 is 16.0 Å². The molecule has 3 spiro atoms. The number of allylic oxidation sites excluding steroid dienone is 1. The van der Waals surface area contributed by atoms with Crippen molar-refractivity contribution in [3.05, 3.63) is 189 Å². The molecule has 2 aromatic heterocycles. The van der Waals surface area contributed by atoms with Gasteiger partial charge in [-0.15, -0.1) is 0 Å². The van der Waals surface area contributed by atoms with E-state index in [1.807, 2.05) is 18.5 Å². The number of imidazole rings is 1. The number of benzene rings is 5. The molecular formula is C76H86N6O6. The lowest BCUT2D eigenvalue weighted by Gasteiger charge is -2.75. The van der Waals surface area contributed by atoms with E-state index in [1.54, 1.807) is 18.2 Å². The molecule has 16 rings (SSSR count). The first kappa shape index (κ1) is 56.2. The first-order valence-electron chi connectivity index (χ1n) is 33.4. The Morgan fingerprint density at radius 2 is 1.57 bits per heavy atom. The lowest BCUT2D eigenvalue weighted by atomic mass is 9.30. The van der Waals surface area contributed by atoms with E-state index in [-0.39, 0.29) is 86.4 Å². The average molecular weight is 1180 g/mol. The van der Waals surface area contributed by atoms with Crippen LogP contribution in [0.25, 0.3) is 22.9 Å². The molecule has 0 amide bonds. The first-order chi connectivity index (χ1) is 42.9. The van der Waals surface area contributed by atoms with E-state index in [9.17, 15) is 30.6 Å². The van der Waals surface area contributed by atoms with Gasteiger partial charge in [-0.1, -0.05) is 117 Å². The summed E-state index contributed by atoms with van der Waals surface area (Å²) in [6, 6.07) is 33.1.